The van der Waals surface area contributed by atoms with E-state index in [-0.39, 0.29) is 23.7 Å². The molecule has 0 unspecified atom stereocenters. The zero-order valence-electron chi connectivity index (χ0n) is 20.7. The first-order valence-corrected chi connectivity index (χ1v) is 12.1. The number of aromatic nitrogens is 5. The van der Waals surface area contributed by atoms with Gasteiger partial charge in [0.15, 0.2) is 17.4 Å². The van der Waals surface area contributed by atoms with Gasteiger partial charge in [-0.3, -0.25) is 0 Å². The number of para-hydroxylation sites is 1. The second-order valence-corrected chi connectivity index (χ2v) is 8.55. The highest BCUT2D eigenvalue weighted by Gasteiger charge is 2.22. The Hall–Kier alpha value is -5.45. The average molecular weight is 524 g/mol. The van der Waals surface area contributed by atoms with Gasteiger partial charge in [-0.15, -0.1) is 0 Å². The van der Waals surface area contributed by atoms with Crippen molar-refractivity contribution in [1.29, 1.82) is 0 Å². The lowest BCUT2D eigenvalue weighted by molar-refractivity contribution is 0.0527. The van der Waals surface area contributed by atoms with Crippen molar-refractivity contribution in [2.45, 2.75) is 6.92 Å². The van der Waals surface area contributed by atoms with Crippen molar-refractivity contribution in [2.75, 3.05) is 17.7 Å². The summed E-state index contributed by atoms with van der Waals surface area (Å²) in [4.78, 5) is 24.2. The van der Waals surface area contributed by atoms with Gasteiger partial charge in [0.05, 0.1) is 17.7 Å². The van der Waals surface area contributed by atoms with E-state index in [2.05, 4.69) is 25.4 Å². The van der Waals surface area contributed by atoms with E-state index in [1.807, 2.05) is 30.3 Å². The van der Waals surface area contributed by atoms with Gasteiger partial charge in [-0.05, 0) is 48.9 Å². The fourth-order valence-corrected chi connectivity index (χ4v) is 4.32. The third kappa shape index (κ3) is 4.46. The molecule has 3 aromatic carbocycles. The number of carbonyl (C=O) groups excluding carboxylic acids is 1. The van der Waals surface area contributed by atoms with Crippen LogP contribution in [0.4, 0.5) is 21.8 Å². The van der Waals surface area contributed by atoms with Crippen LogP contribution >= 0.6 is 0 Å². The van der Waals surface area contributed by atoms with E-state index in [9.17, 15) is 4.79 Å². The summed E-state index contributed by atoms with van der Waals surface area (Å²) >= 11 is 0. The molecule has 11 heteroatoms. The van der Waals surface area contributed by atoms with E-state index in [4.69, 9.17) is 15.2 Å². The summed E-state index contributed by atoms with van der Waals surface area (Å²) in [6.07, 6.45) is 2.90. The van der Waals surface area contributed by atoms with Crippen molar-refractivity contribution in [2.24, 2.45) is 0 Å². The number of rotatable bonds is 7. The first-order chi connectivity index (χ1) is 19.0. The zero-order chi connectivity index (χ0) is 26.9. The topological polar surface area (TPSA) is 132 Å². The maximum Gasteiger partial charge on any atom is 0.340 e. The molecular weight excluding hydrogens is 501 g/mol. The van der Waals surface area contributed by atoms with E-state index in [0.717, 1.165) is 0 Å². The van der Waals surface area contributed by atoms with Crippen molar-refractivity contribution in [3.63, 3.8) is 0 Å². The van der Waals surface area contributed by atoms with Gasteiger partial charge in [-0.25, -0.2) is 23.7 Å². The number of carbonyl (C=O) groups is 1. The molecule has 0 amide bonds. The number of hydrogen-bond acceptors (Lipinski definition) is 8. The number of nitrogen functional groups attached to an aromatic ring is 1. The van der Waals surface area contributed by atoms with Crippen molar-refractivity contribution < 1.29 is 18.7 Å². The molecule has 3 heterocycles. The van der Waals surface area contributed by atoms with Crippen molar-refractivity contribution in [3.05, 3.63) is 90.6 Å². The number of benzene rings is 3. The summed E-state index contributed by atoms with van der Waals surface area (Å²) in [5, 5.41) is 7.32. The summed E-state index contributed by atoms with van der Waals surface area (Å²) in [7, 11) is 0. The molecular formula is C28H22FN7O3. The monoisotopic (exact) mass is 523 g/mol. The molecule has 39 heavy (non-hydrogen) atoms. The number of ether oxygens (including phenoxy) is 2. The van der Waals surface area contributed by atoms with Gasteiger partial charge in [0.2, 0.25) is 5.95 Å². The van der Waals surface area contributed by atoms with Crippen LogP contribution in [0.25, 0.3) is 27.7 Å². The molecule has 0 aliphatic carbocycles. The molecule has 0 fully saturated rings. The lowest BCUT2D eigenvalue weighted by Gasteiger charge is -2.08. The second kappa shape index (κ2) is 9.78. The van der Waals surface area contributed by atoms with E-state index in [0.29, 0.717) is 45.1 Å². The molecule has 3 aromatic heterocycles. The Balaban J connectivity index is 1.29. The van der Waals surface area contributed by atoms with E-state index in [1.165, 1.54) is 10.8 Å². The van der Waals surface area contributed by atoms with Gasteiger partial charge in [-0.1, -0.05) is 30.3 Å². The normalized spacial score (nSPS) is 11.1. The molecule has 6 aromatic rings. The maximum absolute atomic E-state index is 15.1. The number of imidazole rings is 1. The number of aromatic amines is 1. The molecule has 4 N–H and O–H groups in total. The lowest BCUT2D eigenvalue weighted by Crippen LogP contribution is -2.04. The molecule has 10 nitrogen and oxygen atoms in total. The number of esters is 1. The van der Waals surface area contributed by atoms with Gasteiger partial charge in [0.25, 0.3) is 0 Å². The number of anilines is 3. The SMILES string of the molecule is CCOC(=O)c1cn2ncnc(N)c2c1-c1ccc(Nc2nc3c(F)c(Oc4ccccc4)ccc3[nH]2)cc1. The second-order valence-electron chi connectivity index (χ2n) is 8.55. The Morgan fingerprint density at radius 3 is 2.67 bits per heavy atom. The third-order valence-electron chi connectivity index (χ3n) is 6.06. The summed E-state index contributed by atoms with van der Waals surface area (Å²) < 4.78 is 27.6. The fraction of sp³-hybridized carbons (Fsp3) is 0.0714. The maximum atomic E-state index is 15.1. The highest BCUT2D eigenvalue weighted by molar-refractivity contribution is 6.04. The lowest BCUT2D eigenvalue weighted by atomic mass is 10.0. The van der Waals surface area contributed by atoms with E-state index >= 15 is 4.39 Å². The number of nitrogens with zero attached hydrogens (tertiary/aromatic N) is 4. The van der Waals surface area contributed by atoms with Crippen LogP contribution in [0.3, 0.4) is 0 Å². The summed E-state index contributed by atoms with van der Waals surface area (Å²) in [5.74, 6) is 0.143. The van der Waals surface area contributed by atoms with Crippen LogP contribution in [0.5, 0.6) is 11.5 Å². The average Bonchev–Trinajstić information content (AvgIpc) is 3.54. The van der Waals surface area contributed by atoms with Gasteiger partial charge < -0.3 is 25.5 Å². The number of fused-ring (bicyclic) bond motifs is 2. The summed E-state index contributed by atoms with van der Waals surface area (Å²) in [5.41, 5.74) is 9.58. The zero-order valence-corrected chi connectivity index (χ0v) is 20.7. The molecule has 0 bridgehead atoms. The highest BCUT2D eigenvalue weighted by Crippen LogP contribution is 2.34. The minimum absolute atomic E-state index is 0.0801. The molecule has 0 aliphatic heterocycles. The van der Waals surface area contributed by atoms with Crippen LogP contribution < -0.4 is 15.8 Å². The van der Waals surface area contributed by atoms with Crippen LogP contribution in [0.15, 0.2) is 79.3 Å². The Morgan fingerprint density at radius 1 is 1.10 bits per heavy atom. The summed E-state index contributed by atoms with van der Waals surface area (Å²) in [6, 6.07) is 19.5. The molecule has 0 radical (unpaired) electrons. The number of hydrogen-bond donors (Lipinski definition) is 3. The predicted octanol–water partition coefficient (Wildman–Crippen LogP) is 5.71. The van der Waals surface area contributed by atoms with Crippen LogP contribution in [0, 0.1) is 5.82 Å². The van der Waals surface area contributed by atoms with Gasteiger partial charge in [-0.2, -0.15) is 5.10 Å². The largest absolute Gasteiger partial charge is 0.462 e. The quantitative estimate of drug-likeness (QED) is 0.227. The van der Waals surface area contributed by atoms with Gasteiger partial charge in [0.1, 0.15) is 23.1 Å². The van der Waals surface area contributed by atoms with E-state index in [1.54, 1.807) is 49.5 Å². The Labute approximate surface area is 221 Å². The van der Waals surface area contributed by atoms with Gasteiger partial charge in [0, 0.05) is 17.4 Å². The number of H-pyrrole nitrogens is 1. The van der Waals surface area contributed by atoms with Crippen LogP contribution in [0.2, 0.25) is 0 Å². The molecule has 0 aliphatic rings. The smallest absolute Gasteiger partial charge is 0.340 e. The molecule has 0 atom stereocenters. The minimum Gasteiger partial charge on any atom is -0.462 e. The summed E-state index contributed by atoms with van der Waals surface area (Å²) in [6.45, 7) is 1.97. The molecule has 6 rings (SSSR count). The fourth-order valence-electron chi connectivity index (χ4n) is 4.32. The molecule has 0 saturated heterocycles. The van der Waals surface area contributed by atoms with Crippen molar-refractivity contribution >= 4 is 40.0 Å². The predicted molar refractivity (Wildman–Crippen MR) is 145 cm³/mol. The number of halogens is 1. The van der Waals surface area contributed by atoms with Crippen LogP contribution in [-0.2, 0) is 4.74 Å². The van der Waals surface area contributed by atoms with Crippen LogP contribution in [-0.4, -0.2) is 37.1 Å². The van der Waals surface area contributed by atoms with Gasteiger partial charge >= 0.3 is 5.97 Å². The highest BCUT2D eigenvalue weighted by atomic mass is 19.1. The molecule has 0 saturated carbocycles. The Morgan fingerprint density at radius 2 is 1.90 bits per heavy atom. The minimum atomic E-state index is -0.567. The third-order valence-corrected chi connectivity index (χ3v) is 6.06. The first kappa shape index (κ1) is 23.9. The number of nitrogens with two attached hydrogens (primary N) is 1. The first-order valence-electron chi connectivity index (χ1n) is 12.1. The molecule has 0 spiro atoms. The van der Waals surface area contributed by atoms with E-state index < -0.39 is 11.8 Å². The standard InChI is InChI=1S/C28H22FN7O3/c1-2-38-27(37)19-14-36-25(26(30)31-15-32-36)22(19)16-8-10-17(11-9-16)33-28-34-20-12-13-21(23(29)24(20)35-28)39-18-6-4-3-5-7-18/h3-15H,2H2,1H3,(H2,30,31,32)(H2,33,34,35). The van der Waals surface area contributed by atoms with Crippen LogP contribution in [0.1, 0.15) is 17.3 Å². The number of nitrogens with one attached hydrogen (secondary N) is 2. The Bertz CT molecular complexity index is 1810. The van der Waals surface area contributed by atoms with Crippen molar-refractivity contribution in [1.82, 2.24) is 24.6 Å². The Kier molecular flexibility index (Phi) is 6.00. The molecule has 194 valence electrons. The van der Waals surface area contributed by atoms with Crippen molar-refractivity contribution in [3.8, 4) is 22.6 Å².